The molecule has 2 amide bonds. The highest BCUT2D eigenvalue weighted by Crippen LogP contribution is 2.26. The molecule has 0 radical (unpaired) electrons. The maximum Gasteiger partial charge on any atom is 0.314 e. The largest absolute Gasteiger partial charge is 0.481 e. The molecule has 6 nitrogen and oxygen atoms in total. The van der Waals surface area contributed by atoms with Crippen molar-refractivity contribution in [1.29, 1.82) is 0 Å². The van der Waals surface area contributed by atoms with Crippen LogP contribution < -0.4 is 11.1 Å². The Kier molecular flexibility index (Phi) is 4.06. The summed E-state index contributed by atoms with van der Waals surface area (Å²) in [4.78, 5) is 23.7. The number of carbonyl (C=O) groups excluding carboxylic acids is 1. The lowest BCUT2D eigenvalue weighted by Gasteiger charge is -2.37. The van der Waals surface area contributed by atoms with Crippen LogP contribution in [0.4, 0.5) is 4.79 Å². The van der Waals surface area contributed by atoms with Crippen molar-refractivity contribution in [2.75, 3.05) is 19.6 Å². The Morgan fingerprint density at radius 3 is 2.56 bits per heavy atom. The SMILES string of the molecule is NC(=O)N1CC(NCC2CCC2)CC(C(=O)O)C1. The zero-order chi connectivity index (χ0) is 13.1. The fraction of sp³-hybridized carbons (Fsp3) is 0.833. The molecular weight excluding hydrogens is 234 g/mol. The molecule has 1 aliphatic heterocycles. The molecule has 18 heavy (non-hydrogen) atoms. The van der Waals surface area contributed by atoms with Gasteiger partial charge in [0.25, 0.3) is 0 Å². The van der Waals surface area contributed by atoms with Crippen molar-refractivity contribution < 1.29 is 14.7 Å². The lowest BCUT2D eigenvalue weighted by molar-refractivity contribution is -0.143. The molecule has 102 valence electrons. The monoisotopic (exact) mass is 255 g/mol. The first-order valence-corrected chi connectivity index (χ1v) is 6.57. The van der Waals surface area contributed by atoms with Crippen molar-refractivity contribution in [2.45, 2.75) is 31.7 Å². The first-order valence-electron chi connectivity index (χ1n) is 6.57. The number of aliphatic carboxylic acids is 1. The summed E-state index contributed by atoms with van der Waals surface area (Å²) in [5.41, 5.74) is 5.25. The van der Waals surface area contributed by atoms with Gasteiger partial charge in [0.05, 0.1) is 5.92 Å². The fourth-order valence-corrected chi connectivity index (χ4v) is 2.64. The topological polar surface area (TPSA) is 95.7 Å². The maximum absolute atomic E-state index is 11.2. The Morgan fingerprint density at radius 2 is 2.06 bits per heavy atom. The number of primary amides is 1. The van der Waals surface area contributed by atoms with Gasteiger partial charge in [0, 0.05) is 19.1 Å². The fourth-order valence-electron chi connectivity index (χ4n) is 2.64. The van der Waals surface area contributed by atoms with E-state index in [0.29, 0.717) is 13.0 Å². The zero-order valence-electron chi connectivity index (χ0n) is 10.5. The molecule has 1 aliphatic carbocycles. The van der Waals surface area contributed by atoms with Crippen molar-refractivity contribution in [1.82, 2.24) is 10.2 Å². The van der Waals surface area contributed by atoms with Crippen molar-refractivity contribution in [3.63, 3.8) is 0 Å². The third-order valence-corrected chi connectivity index (χ3v) is 4.03. The number of likely N-dealkylation sites (tertiary alicyclic amines) is 1. The maximum atomic E-state index is 11.2. The van der Waals surface area contributed by atoms with Gasteiger partial charge in [0.2, 0.25) is 0 Å². The van der Waals surface area contributed by atoms with E-state index in [4.69, 9.17) is 10.8 Å². The summed E-state index contributed by atoms with van der Waals surface area (Å²) < 4.78 is 0. The van der Waals surface area contributed by atoms with E-state index in [-0.39, 0.29) is 12.6 Å². The van der Waals surface area contributed by atoms with E-state index >= 15 is 0 Å². The first-order chi connectivity index (χ1) is 8.56. The first kappa shape index (κ1) is 13.1. The molecule has 1 saturated carbocycles. The minimum atomic E-state index is -0.851. The highest BCUT2D eigenvalue weighted by atomic mass is 16.4. The average molecular weight is 255 g/mol. The molecular formula is C12H21N3O3. The van der Waals surface area contributed by atoms with Crippen LogP contribution in [0.3, 0.4) is 0 Å². The van der Waals surface area contributed by atoms with Crippen LogP contribution in [0.1, 0.15) is 25.7 Å². The lowest BCUT2D eigenvalue weighted by atomic mass is 9.85. The van der Waals surface area contributed by atoms with Crippen LogP contribution in [0.25, 0.3) is 0 Å². The van der Waals surface area contributed by atoms with E-state index in [1.807, 2.05) is 0 Å². The number of carboxylic acid groups (broad SMARTS) is 1. The Balaban J connectivity index is 1.87. The summed E-state index contributed by atoms with van der Waals surface area (Å²) in [5, 5.41) is 12.5. The molecule has 0 aromatic rings. The molecule has 0 aromatic heterocycles. The van der Waals surface area contributed by atoms with E-state index in [9.17, 15) is 9.59 Å². The zero-order valence-corrected chi connectivity index (χ0v) is 10.5. The standard InChI is InChI=1S/C12H21N3O3/c13-12(18)15-6-9(11(16)17)4-10(7-15)14-5-8-2-1-3-8/h8-10,14H,1-7H2,(H2,13,18)(H,16,17). The highest BCUT2D eigenvalue weighted by Gasteiger charge is 2.33. The molecule has 2 fully saturated rings. The van der Waals surface area contributed by atoms with E-state index in [1.54, 1.807) is 0 Å². The van der Waals surface area contributed by atoms with Gasteiger partial charge in [-0.2, -0.15) is 0 Å². The number of amides is 2. The van der Waals surface area contributed by atoms with Crippen molar-refractivity contribution in [3.05, 3.63) is 0 Å². The van der Waals surface area contributed by atoms with E-state index in [2.05, 4.69) is 5.32 Å². The molecule has 0 spiro atoms. The van der Waals surface area contributed by atoms with Crippen LogP contribution in [0.15, 0.2) is 0 Å². The van der Waals surface area contributed by atoms with Gasteiger partial charge in [-0.3, -0.25) is 4.79 Å². The molecule has 2 unspecified atom stereocenters. The van der Waals surface area contributed by atoms with E-state index < -0.39 is 17.9 Å². The molecule has 1 saturated heterocycles. The number of piperidine rings is 1. The van der Waals surface area contributed by atoms with Gasteiger partial charge >= 0.3 is 12.0 Å². The molecule has 1 heterocycles. The number of nitrogens with two attached hydrogens (primary N) is 1. The second-order valence-corrected chi connectivity index (χ2v) is 5.42. The molecule has 4 N–H and O–H groups in total. The van der Waals surface area contributed by atoms with Gasteiger partial charge in [-0.15, -0.1) is 0 Å². The molecule has 0 bridgehead atoms. The normalized spacial score (nSPS) is 28.8. The van der Waals surface area contributed by atoms with E-state index in [1.165, 1.54) is 24.2 Å². The summed E-state index contributed by atoms with van der Waals surface area (Å²) in [5.74, 6) is -0.640. The third kappa shape index (κ3) is 3.13. The number of hydrogen-bond donors (Lipinski definition) is 3. The van der Waals surface area contributed by atoms with Crippen LogP contribution in [-0.2, 0) is 4.79 Å². The van der Waals surface area contributed by atoms with Gasteiger partial charge in [-0.25, -0.2) is 4.79 Å². The number of urea groups is 1. The smallest absolute Gasteiger partial charge is 0.314 e. The highest BCUT2D eigenvalue weighted by molar-refractivity contribution is 5.75. The predicted molar refractivity (Wildman–Crippen MR) is 66.0 cm³/mol. The van der Waals surface area contributed by atoms with Crippen LogP contribution in [0.5, 0.6) is 0 Å². The number of rotatable bonds is 4. The summed E-state index contributed by atoms with van der Waals surface area (Å²) >= 11 is 0. The summed E-state index contributed by atoms with van der Waals surface area (Å²) in [7, 11) is 0. The predicted octanol–water partition coefficient (Wildman–Crippen LogP) is 0.230. The number of nitrogens with zero attached hydrogens (tertiary/aromatic N) is 1. The third-order valence-electron chi connectivity index (χ3n) is 4.03. The van der Waals surface area contributed by atoms with Gasteiger partial charge in [0.1, 0.15) is 0 Å². The molecule has 2 atom stereocenters. The van der Waals surface area contributed by atoms with Gasteiger partial charge in [0.15, 0.2) is 0 Å². The second kappa shape index (κ2) is 5.56. The molecule has 0 aromatic carbocycles. The van der Waals surface area contributed by atoms with Crippen LogP contribution in [-0.4, -0.2) is 47.7 Å². The number of carboxylic acids is 1. The average Bonchev–Trinajstić information content (AvgIpc) is 2.26. The number of carbonyl (C=O) groups is 2. The van der Waals surface area contributed by atoms with Gasteiger partial charge < -0.3 is 21.1 Å². The van der Waals surface area contributed by atoms with Gasteiger partial charge in [-0.05, 0) is 31.7 Å². The lowest BCUT2D eigenvalue weighted by Crippen LogP contribution is -2.55. The second-order valence-electron chi connectivity index (χ2n) is 5.42. The van der Waals surface area contributed by atoms with Crippen LogP contribution in [0.2, 0.25) is 0 Å². The van der Waals surface area contributed by atoms with Crippen molar-refractivity contribution >= 4 is 12.0 Å². The Bertz CT molecular complexity index is 309. The Morgan fingerprint density at radius 1 is 1.33 bits per heavy atom. The Hall–Kier alpha value is -1.30. The number of hydrogen-bond acceptors (Lipinski definition) is 3. The van der Waals surface area contributed by atoms with E-state index in [0.717, 1.165) is 12.5 Å². The quantitative estimate of drug-likeness (QED) is 0.670. The minimum absolute atomic E-state index is 0.0490. The summed E-state index contributed by atoms with van der Waals surface area (Å²) in [6.07, 6.45) is 4.37. The molecule has 6 heteroatoms. The Labute approximate surface area is 107 Å². The van der Waals surface area contributed by atoms with Crippen LogP contribution in [0, 0.1) is 11.8 Å². The molecule has 2 rings (SSSR count). The molecule has 2 aliphatic rings. The number of nitrogens with one attached hydrogen (secondary N) is 1. The van der Waals surface area contributed by atoms with Crippen molar-refractivity contribution in [2.24, 2.45) is 17.6 Å². The summed E-state index contributed by atoms with van der Waals surface area (Å²) in [6.45, 7) is 1.67. The van der Waals surface area contributed by atoms with Gasteiger partial charge in [-0.1, -0.05) is 6.42 Å². The van der Waals surface area contributed by atoms with Crippen molar-refractivity contribution in [3.8, 4) is 0 Å². The summed E-state index contributed by atoms with van der Waals surface area (Å²) in [6, 6.07) is -0.482. The minimum Gasteiger partial charge on any atom is -0.481 e. The van der Waals surface area contributed by atoms with Crippen LogP contribution >= 0.6 is 0 Å².